The summed E-state index contributed by atoms with van der Waals surface area (Å²) in [6.07, 6.45) is 1.91. The molecule has 7 heteroatoms. The number of anilines is 1. The predicted molar refractivity (Wildman–Crippen MR) is 72.1 cm³/mol. The minimum atomic E-state index is 0.269. The maximum atomic E-state index is 5.61. The zero-order chi connectivity index (χ0) is 10.8. The quantitative estimate of drug-likeness (QED) is 0.666. The zero-order valence-corrected chi connectivity index (χ0v) is 11.6. The summed E-state index contributed by atoms with van der Waals surface area (Å²) in [6.45, 7) is 0. The number of thiophene rings is 1. The van der Waals surface area contributed by atoms with Gasteiger partial charge in [0.1, 0.15) is 0 Å². The fourth-order valence-corrected chi connectivity index (χ4v) is 2.71. The molecule has 0 unspecified atom stereocenters. The van der Waals surface area contributed by atoms with Gasteiger partial charge in [0.15, 0.2) is 11.0 Å². The third-order valence-electron chi connectivity index (χ3n) is 1.64. The maximum Gasteiger partial charge on any atom is 0.224 e. The number of nitrogens with two attached hydrogens (primary N) is 1. The number of aromatic nitrogens is 3. The first-order valence-corrected chi connectivity index (χ1v) is 7.17. The van der Waals surface area contributed by atoms with E-state index in [1.807, 2.05) is 17.7 Å². The van der Waals surface area contributed by atoms with Crippen LogP contribution in [0.1, 0.15) is 0 Å². The molecule has 0 atom stereocenters. The fourth-order valence-electron chi connectivity index (χ4n) is 1.02. The molecule has 0 aliphatic rings. The molecular weight excluding hydrogens is 343 g/mol. The van der Waals surface area contributed by atoms with E-state index in [1.54, 1.807) is 11.3 Å². The van der Waals surface area contributed by atoms with E-state index >= 15 is 0 Å². The van der Waals surface area contributed by atoms with Crippen molar-refractivity contribution in [2.24, 2.45) is 0 Å². The van der Waals surface area contributed by atoms with Crippen LogP contribution in [-0.4, -0.2) is 21.2 Å². The normalized spacial score (nSPS) is 10.5. The summed E-state index contributed by atoms with van der Waals surface area (Å²) in [5.41, 5.74) is 6.60. The Kier molecular flexibility index (Phi) is 3.42. The SMILES string of the molecule is CSc1nc(N)nc(-c2csc(I)c2)n1. The molecule has 4 nitrogen and oxygen atoms in total. The third-order valence-corrected chi connectivity index (χ3v) is 3.98. The average molecular weight is 350 g/mol. The van der Waals surface area contributed by atoms with Crippen LogP contribution < -0.4 is 5.73 Å². The van der Waals surface area contributed by atoms with E-state index in [0.29, 0.717) is 11.0 Å². The van der Waals surface area contributed by atoms with Crippen molar-refractivity contribution < 1.29 is 0 Å². The summed E-state index contributed by atoms with van der Waals surface area (Å²) in [5, 5.41) is 2.67. The molecule has 0 saturated carbocycles. The second-order valence-electron chi connectivity index (χ2n) is 2.64. The Balaban J connectivity index is 2.48. The second kappa shape index (κ2) is 4.62. The Morgan fingerprint density at radius 2 is 2.20 bits per heavy atom. The molecule has 0 bridgehead atoms. The highest BCUT2D eigenvalue weighted by Gasteiger charge is 2.07. The lowest BCUT2D eigenvalue weighted by atomic mass is 10.3. The number of hydrogen-bond donors (Lipinski definition) is 1. The number of nitrogens with zero attached hydrogens (tertiary/aromatic N) is 3. The van der Waals surface area contributed by atoms with E-state index in [1.165, 1.54) is 14.6 Å². The first kappa shape index (κ1) is 11.1. The van der Waals surface area contributed by atoms with Gasteiger partial charge in [-0.25, -0.2) is 4.98 Å². The summed E-state index contributed by atoms with van der Waals surface area (Å²) < 4.78 is 1.20. The number of thioether (sulfide) groups is 1. The molecule has 2 heterocycles. The summed E-state index contributed by atoms with van der Waals surface area (Å²) in [7, 11) is 0. The first-order chi connectivity index (χ1) is 7.19. The molecule has 2 aromatic heterocycles. The lowest BCUT2D eigenvalue weighted by molar-refractivity contribution is 0.928. The average Bonchev–Trinajstić information content (AvgIpc) is 2.64. The molecule has 0 aromatic carbocycles. The molecule has 15 heavy (non-hydrogen) atoms. The van der Waals surface area contributed by atoms with Crippen molar-refractivity contribution in [2.45, 2.75) is 5.16 Å². The summed E-state index contributed by atoms with van der Waals surface area (Å²) in [6, 6.07) is 2.03. The van der Waals surface area contributed by atoms with Crippen LogP contribution in [0.25, 0.3) is 11.4 Å². The van der Waals surface area contributed by atoms with Crippen LogP contribution in [-0.2, 0) is 0 Å². The van der Waals surface area contributed by atoms with Gasteiger partial charge < -0.3 is 5.73 Å². The van der Waals surface area contributed by atoms with Crippen molar-refractivity contribution in [2.75, 3.05) is 12.0 Å². The Morgan fingerprint density at radius 1 is 1.40 bits per heavy atom. The Labute approximate surface area is 109 Å². The van der Waals surface area contributed by atoms with Crippen LogP contribution in [0.4, 0.5) is 5.95 Å². The monoisotopic (exact) mass is 350 g/mol. The predicted octanol–water partition coefficient (Wildman–Crippen LogP) is 2.51. The van der Waals surface area contributed by atoms with Gasteiger partial charge in [0.2, 0.25) is 5.95 Å². The van der Waals surface area contributed by atoms with Crippen LogP contribution in [0.3, 0.4) is 0 Å². The van der Waals surface area contributed by atoms with E-state index in [4.69, 9.17) is 5.73 Å². The minimum Gasteiger partial charge on any atom is -0.368 e. The Bertz CT molecular complexity index is 485. The highest BCUT2D eigenvalue weighted by Crippen LogP contribution is 2.25. The lowest BCUT2D eigenvalue weighted by Crippen LogP contribution is -2.00. The largest absolute Gasteiger partial charge is 0.368 e. The van der Waals surface area contributed by atoms with Gasteiger partial charge in [-0.2, -0.15) is 9.97 Å². The maximum absolute atomic E-state index is 5.61. The molecule has 0 spiro atoms. The molecule has 0 fully saturated rings. The highest BCUT2D eigenvalue weighted by atomic mass is 127. The summed E-state index contributed by atoms with van der Waals surface area (Å²) in [5.74, 6) is 0.913. The highest BCUT2D eigenvalue weighted by molar-refractivity contribution is 14.1. The molecule has 0 aliphatic carbocycles. The summed E-state index contributed by atoms with van der Waals surface area (Å²) in [4.78, 5) is 12.4. The van der Waals surface area contributed by atoms with Crippen molar-refractivity contribution in [1.29, 1.82) is 0 Å². The third kappa shape index (κ3) is 2.58. The fraction of sp³-hybridized carbons (Fsp3) is 0.125. The van der Waals surface area contributed by atoms with Gasteiger partial charge in [-0.05, 0) is 34.9 Å². The molecule has 2 rings (SSSR count). The van der Waals surface area contributed by atoms with Crippen LogP contribution in [0, 0.1) is 2.88 Å². The van der Waals surface area contributed by atoms with E-state index in [-0.39, 0.29) is 5.95 Å². The molecule has 0 aliphatic heterocycles. The molecule has 0 amide bonds. The van der Waals surface area contributed by atoms with E-state index < -0.39 is 0 Å². The van der Waals surface area contributed by atoms with Crippen molar-refractivity contribution in [3.63, 3.8) is 0 Å². The first-order valence-electron chi connectivity index (χ1n) is 3.99. The van der Waals surface area contributed by atoms with Crippen LogP contribution in [0.5, 0.6) is 0 Å². The smallest absolute Gasteiger partial charge is 0.224 e. The van der Waals surface area contributed by atoms with Crippen LogP contribution in [0.15, 0.2) is 16.6 Å². The van der Waals surface area contributed by atoms with Gasteiger partial charge in [0, 0.05) is 10.9 Å². The van der Waals surface area contributed by atoms with Crippen molar-refractivity contribution in [1.82, 2.24) is 15.0 Å². The van der Waals surface area contributed by atoms with Gasteiger partial charge in [-0.1, -0.05) is 11.8 Å². The topological polar surface area (TPSA) is 64.7 Å². The molecule has 2 N–H and O–H groups in total. The zero-order valence-electron chi connectivity index (χ0n) is 7.77. The number of hydrogen-bond acceptors (Lipinski definition) is 6. The van der Waals surface area contributed by atoms with Crippen molar-refractivity contribution >= 4 is 51.6 Å². The van der Waals surface area contributed by atoms with Crippen LogP contribution >= 0.6 is 45.7 Å². The van der Waals surface area contributed by atoms with Gasteiger partial charge in [-0.15, -0.1) is 11.3 Å². The van der Waals surface area contributed by atoms with Crippen molar-refractivity contribution in [3.05, 3.63) is 14.3 Å². The number of halogens is 1. The standard InChI is InChI=1S/C8H7IN4S2/c1-14-8-12-6(11-7(10)13-8)4-2-5(9)15-3-4/h2-3H,1H3,(H2,10,11,12,13). The van der Waals surface area contributed by atoms with E-state index in [2.05, 4.69) is 37.5 Å². The minimum absolute atomic E-state index is 0.269. The van der Waals surface area contributed by atoms with Gasteiger partial charge in [0.05, 0.1) is 2.88 Å². The van der Waals surface area contributed by atoms with Gasteiger partial charge in [-0.3, -0.25) is 0 Å². The summed E-state index contributed by atoms with van der Waals surface area (Å²) >= 11 is 5.38. The molecule has 78 valence electrons. The number of nitrogen functional groups attached to an aromatic ring is 1. The Hall–Kier alpha value is -0.410. The number of rotatable bonds is 2. The second-order valence-corrected chi connectivity index (χ2v) is 6.22. The Morgan fingerprint density at radius 3 is 2.80 bits per heavy atom. The van der Waals surface area contributed by atoms with Gasteiger partial charge >= 0.3 is 0 Å². The van der Waals surface area contributed by atoms with Crippen molar-refractivity contribution in [3.8, 4) is 11.4 Å². The van der Waals surface area contributed by atoms with Crippen LogP contribution in [0.2, 0.25) is 0 Å². The van der Waals surface area contributed by atoms with Gasteiger partial charge in [0.25, 0.3) is 0 Å². The molecule has 2 aromatic rings. The van der Waals surface area contributed by atoms with E-state index in [0.717, 1.165) is 5.56 Å². The molecular formula is C8H7IN4S2. The lowest BCUT2D eigenvalue weighted by Gasteiger charge is -2.00. The van der Waals surface area contributed by atoms with E-state index in [9.17, 15) is 0 Å². The molecule has 0 saturated heterocycles. The molecule has 0 radical (unpaired) electrons.